The largest absolute Gasteiger partial charge is 0.355 e. The second kappa shape index (κ2) is 8.23. The molecule has 0 unspecified atom stereocenters. The van der Waals surface area contributed by atoms with Crippen LogP contribution in [0.4, 0.5) is 0 Å². The van der Waals surface area contributed by atoms with E-state index >= 15 is 0 Å². The number of piperazine rings is 1. The number of carbonyl (C=O) groups excluding carboxylic acids is 1. The van der Waals surface area contributed by atoms with Crippen LogP contribution < -0.4 is 5.32 Å². The van der Waals surface area contributed by atoms with Gasteiger partial charge in [-0.1, -0.05) is 13.3 Å². The van der Waals surface area contributed by atoms with E-state index in [0.29, 0.717) is 18.6 Å². The monoisotopic (exact) mass is 280 g/mol. The van der Waals surface area contributed by atoms with Gasteiger partial charge in [-0.2, -0.15) is 5.26 Å². The van der Waals surface area contributed by atoms with E-state index in [0.717, 1.165) is 32.5 Å². The molecule has 5 heteroatoms. The predicted octanol–water partition coefficient (Wildman–Crippen LogP) is 1.21. The van der Waals surface area contributed by atoms with E-state index in [9.17, 15) is 4.79 Å². The van der Waals surface area contributed by atoms with Crippen LogP contribution >= 0.6 is 0 Å². The van der Waals surface area contributed by atoms with Crippen LogP contribution in [-0.4, -0.2) is 60.0 Å². The molecule has 1 aliphatic rings. The molecule has 1 saturated heterocycles. The van der Waals surface area contributed by atoms with Gasteiger partial charge in [0, 0.05) is 31.7 Å². The first kappa shape index (κ1) is 16.9. The fourth-order valence-electron chi connectivity index (χ4n) is 2.81. The molecule has 0 aromatic heterocycles. The standard InChI is InChI=1S/C15H28N4O/c1-5-6-8-17-15(20)14(4)18-10-12(2)19(9-7-16)13(3)11-18/h12-14H,5-6,8-11H2,1-4H3,(H,17,20)/t12-,13-,14+/m1/s1. The van der Waals surface area contributed by atoms with Crippen molar-refractivity contribution >= 4 is 5.91 Å². The predicted molar refractivity (Wildman–Crippen MR) is 80.2 cm³/mol. The van der Waals surface area contributed by atoms with Crippen molar-refractivity contribution in [3.05, 3.63) is 0 Å². The Bertz CT molecular complexity index is 340. The summed E-state index contributed by atoms with van der Waals surface area (Å²) in [5.41, 5.74) is 0. The molecule has 1 amide bonds. The van der Waals surface area contributed by atoms with E-state index in [1.165, 1.54) is 0 Å². The molecule has 0 radical (unpaired) electrons. The minimum Gasteiger partial charge on any atom is -0.355 e. The van der Waals surface area contributed by atoms with E-state index in [1.807, 2.05) is 6.92 Å². The van der Waals surface area contributed by atoms with Gasteiger partial charge < -0.3 is 5.32 Å². The van der Waals surface area contributed by atoms with Crippen molar-refractivity contribution in [3.63, 3.8) is 0 Å². The normalized spacial score (nSPS) is 25.9. The summed E-state index contributed by atoms with van der Waals surface area (Å²) in [5.74, 6) is 0.117. The maximum atomic E-state index is 12.1. The highest BCUT2D eigenvalue weighted by Crippen LogP contribution is 2.17. The lowest BCUT2D eigenvalue weighted by atomic mass is 10.1. The highest BCUT2D eigenvalue weighted by atomic mass is 16.2. The second-order valence-electron chi connectivity index (χ2n) is 5.80. The van der Waals surface area contributed by atoms with Crippen LogP contribution in [0.2, 0.25) is 0 Å². The van der Waals surface area contributed by atoms with Crippen LogP contribution in [0.25, 0.3) is 0 Å². The fourth-order valence-corrected chi connectivity index (χ4v) is 2.81. The Kier molecular flexibility index (Phi) is 6.97. The Labute approximate surface area is 122 Å². The molecular weight excluding hydrogens is 252 g/mol. The molecule has 0 aromatic rings. The first-order valence-electron chi connectivity index (χ1n) is 7.65. The number of nitrogens with zero attached hydrogens (tertiary/aromatic N) is 3. The summed E-state index contributed by atoms with van der Waals surface area (Å²) in [6, 6.07) is 2.75. The topological polar surface area (TPSA) is 59.4 Å². The lowest BCUT2D eigenvalue weighted by molar-refractivity contribution is -0.127. The number of carbonyl (C=O) groups is 1. The van der Waals surface area contributed by atoms with E-state index < -0.39 is 0 Å². The average molecular weight is 280 g/mol. The zero-order valence-electron chi connectivity index (χ0n) is 13.2. The number of hydrogen-bond donors (Lipinski definition) is 1. The van der Waals surface area contributed by atoms with Gasteiger partial charge in [0.1, 0.15) is 0 Å². The summed E-state index contributed by atoms with van der Waals surface area (Å²) in [5, 5.41) is 11.9. The summed E-state index contributed by atoms with van der Waals surface area (Å²) < 4.78 is 0. The molecular formula is C15H28N4O. The fraction of sp³-hybridized carbons (Fsp3) is 0.867. The first-order chi connectivity index (χ1) is 9.51. The average Bonchev–Trinajstić information content (AvgIpc) is 2.42. The number of nitriles is 1. The summed E-state index contributed by atoms with van der Waals surface area (Å²) >= 11 is 0. The third-order valence-electron chi connectivity index (χ3n) is 4.14. The molecule has 1 fully saturated rings. The van der Waals surface area contributed by atoms with Crippen molar-refractivity contribution in [2.45, 2.75) is 58.7 Å². The molecule has 1 rings (SSSR count). The number of amides is 1. The van der Waals surface area contributed by atoms with Crippen LogP contribution in [0.1, 0.15) is 40.5 Å². The zero-order valence-corrected chi connectivity index (χ0v) is 13.2. The Morgan fingerprint density at radius 1 is 1.40 bits per heavy atom. The Morgan fingerprint density at radius 2 is 2.00 bits per heavy atom. The summed E-state index contributed by atoms with van der Waals surface area (Å²) in [6.45, 7) is 11.3. The van der Waals surface area contributed by atoms with Gasteiger partial charge in [-0.05, 0) is 27.2 Å². The van der Waals surface area contributed by atoms with Gasteiger partial charge in [0.15, 0.2) is 0 Å². The number of nitrogens with one attached hydrogen (secondary N) is 1. The quantitative estimate of drug-likeness (QED) is 0.587. The molecule has 1 aliphatic heterocycles. The van der Waals surface area contributed by atoms with Crippen molar-refractivity contribution in [3.8, 4) is 6.07 Å². The van der Waals surface area contributed by atoms with Gasteiger partial charge in [-0.15, -0.1) is 0 Å². The Hall–Kier alpha value is -1.12. The third kappa shape index (κ3) is 4.46. The van der Waals surface area contributed by atoms with Gasteiger partial charge in [0.05, 0.1) is 18.7 Å². The van der Waals surface area contributed by atoms with Crippen molar-refractivity contribution in [2.75, 3.05) is 26.2 Å². The lowest BCUT2D eigenvalue weighted by Gasteiger charge is -2.45. The zero-order chi connectivity index (χ0) is 15.1. The molecule has 0 spiro atoms. The van der Waals surface area contributed by atoms with Crippen molar-refractivity contribution in [1.29, 1.82) is 5.26 Å². The molecule has 1 N–H and O–H groups in total. The van der Waals surface area contributed by atoms with Gasteiger partial charge in [-0.3, -0.25) is 14.6 Å². The molecule has 0 bridgehead atoms. The molecule has 20 heavy (non-hydrogen) atoms. The number of unbranched alkanes of at least 4 members (excludes halogenated alkanes) is 1. The summed E-state index contributed by atoms with van der Waals surface area (Å²) in [4.78, 5) is 16.6. The smallest absolute Gasteiger partial charge is 0.237 e. The van der Waals surface area contributed by atoms with E-state index in [2.05, 4.69) is 42.0 Å². The van der Waals surface area contributed by atoms with Crippen molar-refractivity contribution in [1.82, 2.24) is 15.1 Å². The molecule has 0 saturated carbocycles. The van der Waals surface area contributed by atoms with Gasteiger partial charge in [0.2, 0.25) is 5.91 Å². The molecule has 1 heterocycles. The van der Waals surface area contributed by atoms with Crippen LogP contribution in [0.3, 0.4) is 0 Å². The highest BCUT2D eigenvalue weighted by Gasteiger charge is 2.33. The third-order valence-corrected chi connectivity index (χ3v) is 4.14. The minimum atomic E-state index is -0.0963. The van der Waals surface area contributed by atoms with Crippen molar-refractivity contribution < 1.29 is 4.79 Å². The van der Waals surface area contributed by atoms with Crippen LogP contribution in [0.5, 0.6) is 0 Å². The Morgan fingerprint density at radius 3 is 2.50 bits per heavy atom. The highest BCUT2D eigenvalue weighted by molar-refractivity contribution is 5.81. The summed E-state index contributed by atoms with van der Waals surface area (Å²) in [6.07, 6.45) is 2.12. The van der Waals surface area contributed by atoms with Gasteiger partial charge >= 0.3 is 0 Å². The molecule has 3 atom stereocenters. The van der Waals surface area contributed by atoms with Crippen molar-refractivity contribution in [2.24, 2.45) is 0 Å². The maximum Gasteiger partial charge on any atom is 0.237 e. The van der Waals surface area contributed by atoms with E-state index in [-0.39, 0.29) is 11.9 Å². The lowest BCUT2D eigenvalue weighted by Crippen LogP contribution is -2.60. The molecule has 0 aliphatic carbocycles. The molecule has 0 aromatic carbocycles. The Balaban J connectivity index is 2.52. The van der Waals surface area contributed by atoms with Gasteiger partial charge in [0.25, 0.3) is 0 Å². The SMILES string of the molecule is CCCCNC(=O)[C@H](C)N1C[C@@H](C)N(CC#N)[C@H](C)C1. The first-order valence-corrected chi connectivity index (χ1v) is 7.65. The molecule has 114 valence electrons. The van der Waals surface area contributed by atoms with Crippen LogP contribution in [0, 0.1) is 11.3 Å². The maximum absolute atomic E-state index is 12.1. The number of rotatable bonds is 6. The second-order valence-corrected chi connectivity index (χ2v) is 5.80. The van der Waals surface area contributed by atoms with E-state index in [4.69, 9.17) is 5.26 Å². The summed E-state index contributed by atoms with van der Waals surface area (Å²) in [7, 11) is 0. The molecule has 5 nitrogen and oxygen atoms in total. The van der Waals surface area contributed by atoms with E-state index in [1.54, 1.807) is 0 Å². The van der Waals surface area contributed by atoms with Crippen LogP contribution in [-0.2, 0) is 4.79 Å². The van der Waals surface area contributed by atoms with Crippen LogP contribution in [0.15, 0.2) is 0 Å². The minimum absolute atomic E-state index is 0.0963. The number of hydrogen-bond acceptors (Lipinski definition) is 4. The van der Waals surface area contributed by atoms with Gasteiger partial charge in [-0.25, -0.2) is 0 Å².